The third-order valence-electron chi connectivity index (χ3n) is 4.69. The van der Waals surface area contributed by atoms with Crippen molar-refractivity contribution in [3.05, 3.63) is 29.1 Å². The van der Waals surface area contributed by atoms with Crippen LogP contribution < -0.4 is 10.5 Å². The number of nitrogens with two attached hydrogens (primary N) is 1. The Morgan fingerprint density at radius 1 is 1.25 bits per heavy atom. The lowest BCUT2D eigenvalue weighted by Gasteiger charge is -2.33. The topological polar surface area (TPSA) is 68.0 Å². The van der Waals surface area contributed by atoms with Gasteiger partial charge in [-0.1, -0.05) is 6.07 Å². The summed E-state index contributed by atoms with van der Waals surface area (Å²) in [4.78, 5) is 4.13. The fraction of sp³-hybridized carbons (Fsp3) is 0.706. The molecule has 0 amide bonds. The molecule has 1 aliphatic heterocycles. The molecule has 2 aliphatic rings. The van der Waals surface area contributed by atoms with Gasteiger partial charge in [0.2, 0.25) is 0 Å². The first-order chi connectivity index (χ1) is 11.1. The Morgan fingerprint density at radius 2 is 1.83 bits per heavy atom. The Labute approximate surface area is 145 Å². The quantitative estimate of drug-likeness (QED) is 0.810. The highest BCUT2D eigenvalue weighted by molar-refractivity contribution is 7.84. The molecule has 1 aromatic heterocycles. The third kappa shape index (κ3) is 4.80. The average Bonchev–Trinajstić information content (AvgIpc) is 2.83. The van der Waals surface area contributed by atoms with Gasteiger partial charge in [-0.2, -0.15) is 0 Å². The fourth-order valence-electron chi connectivity index (χ4n) is 3.11. The summed E-state index contributed by atoms with van der Waals surface area (Å²) in [5.41, 5.74) is 2.30. The number of halogens is 2. The summed E-state index contributed by atoms with van der Waals surface area (Å²) in [5, 5.41) is 8.39. The maximum absolute atomic E-state index is 12.6. The van der Waals surface area contributed by atoms with Gasteiger partial charge in [-0.25, -0.2) is 13.0 Å². The molecule has 0 radical (unpaired) electrons. The molecule has 1 aromatic rings. The lowest BCUT2D eigenvalue weighted by atomic mass is 9.77. The van der Waals surface area contributed by atoms with Crippen LogP contribution in [0.4, 0.5) is 8.78 Å². The van der Waals surface area contributed by atoms with Crippen LogP contribution in [0.15, 0.2) is 12.1 Å². The van der Waals surface area contributed by atoms with Crippen molar-refractivity contribution < 1.29 is 13.0 Å². The maximum atomic E-state index is 12.6. The largest absolute Gasteiger partial charge is 0.317 e. The van der Waals surface area contributed by atoms with E-state index in [4.69, 9.17) is 5.14 Å². The summed E-state index contributed by atoms with van der Waals surface area (Å²) in [7, 11) is -1.18. The predicted molar refractivity (Wildman–Crippen MR) is 93.2 cm³/mol. The van der Waals surface area contributed by atoms with Gasteiger partial charge >= 0.3 is 0 Å². The SMILES string of the molecule is CC(C)(C)S(N)=O.FC(F)c1ccc2c(n1)CC1(CCNCC1)C2. The molecule has 136 valence electrons. The fourth-order valence-corrected chi connectivity index (χ4v) is 3.11. The molecule has 0 bridgehead atoms. The number of nitrogens with zero attached hydrogens (tertiary/aromatic N) is 1. The molecule has 0 saturated carbocycles. The van der Waals surface area contributed by atoms with Gasteiger partial charge in [-0.15, -0.1) is 0 Å². The van der Waals surface area contributed by atoms with E-state index in [1.165, 1.54) is 11.6 Å². The molecule has 3 N–H and O–H groups in total. The van der Waals surface area contributed by atoms with Crippen LogP contribution >= 0.6 is 0 Å². The first-order valence-corrected chi connectivity index (χ1v) is 9.48. The van der Waals surface area contributed by atoms with Crippen molar-refractivity contribution in [1.82, 2.24) is 10.3 Å². The van der Waals surface area contributed by atoms with Gasteiger partial charge in [0.25, 0.3) is 6.43 Å². The van der Waals surface area contributed by atoms with Gasteiger partial charge in [0.05, 0.1) is 15.7 Å². The van der Waals surface area contributed by atoms with Crippen molar-refractivity contribution >= 4 is 11.0 Å². The zero-order valence-corrected chi connectivity index (χ0v) is 15.4. The number of hydrogen-bond acceptors (Lipinski definition) is 3. The number of aromatic nitrogens is 1. The normalized spacial score (nSPS) is 20.5. The molecule has 24 heavy (non-hydrogen) atoms. The van der Waals surface area contributed by atoms with Gasteiger partial charge in [-0.05, 0) is 76.6 Å². The van der Waals surface area contributed by atoms with Crippen molar-refractivity contribution in [3.63, 3.8) is 0 Å². The van der Waals surface area contributed by atoms with E-state index in [9.17, 15) is 13.0 Å². The number of fused-ring (bicyclic) bond motifs is 1. The van der Waals surface area contributed by atoms with Crippen LogP contribution in [0.5, 0.6) is 0 Å². The van der Waals surface area contributed by atoms with E-state index in [0.717, 1.165) is 44.5 Å². The predicted octanol–water partition coefficient (Wildman–Crippen LogP) is 2.89. The second-order valence-corrected chi connectivity index (χ2v) is 9.48. The van der Waals surface area contributed by atoms with E-state index >= 15 is 0 Å². The van der Waals surface area contributed by atoms with Crippen LogP contribution in [-0.4, -0.2) is 27.0 Å². The molecule has 1 unspecified atom stereocenters. The summed E-state index contributed by atoms with van der Waals surface area (Å²) in [6.07, 6.45) is 1.70. The standard InChI is InChI=1S/C13H16F2N2.C4H11NOS/c14-12(15)10-2-1-9-7-13(8-11(9)17-10)3-5-16-6-4-13;1-4(2,3)7(5)6/h1-2,12,16H,3-8H2;5H2,1-3H3. The van der Waals surface area contributed by atoms with Crippen LogP contribution in [0, 0.1) is 5.41 Å². The lowest BCUT2D eigenvalue weighted by Crippen LogP contribution is -2.37. The highest BCUT2D eigenvalue weighted by Crippen LogP contribution is 2.42. The smallest absolute Gasteiger partial charge is 0.280 e. The zero-order chi connectivity index (χ0) is 18.0. The molecule has 1 atom stereocenters. The van der Waals surface area contributed by atoms with Gasteiger partial charge in [-0.3, -0.25) is 10.1 Å². The van der Waals surface area contributed by atoms with Crippen molar-refractivity contribution in [3.8, 4) is 0 Å². The van der Waals surface area contributed by atoms with Crippen LogP contribution in [0.25, 0.3) is 0 Å². The van der Waals surface area contributed by atoms with Gasteiger partial charge in [0.15, 0.2) is 0 Å². The van der Waals surface area contributed by atoms with E-state index in [-0.39, 0.29) is 10.4 Å². The first kappa shape index (κ1) is 19.4. The summed E-state index contributed by atoms with van der Waals surface area (Å²) < 4.78 is 35.3. The van der Waals surface area contributed by atoms with E-state index in [0.29, 0.717) is 5.41 Å². The Bertz CT molecular complexity index is 596. The van der Waals surface area contributed by atoms with Crippen molar-refractivity contribution in [2.24, 2.45) is 10.6 Å². The third-order valence-corrected chi connectivity index (χ3v) is 5.90. The number of pyridine rings is 1. The first-order valence-electron chi connectivity index (χ1n) is 8.27. The summed E-state index contributed by atoms with van der Waals surface area (Å²) in [6.45, 7) is 7.58. The van der Waals surface area contributed by atoms with E-state index in [1.54, 1.807) is 0 Å². The molecule has 1 saturated heterocycles. The Balaban J connectivity index is 0.000000256. The van der Waals surface area contributed by atoms with E-state index < -0.39 is 17.4 Å². The Hall–Kier alpha value is -0.920. The highest BCUT2D eigenvalue weighted by atomic mass is 32.2. The number of rotatable bonds is 1. The van der Waals surface area contributed by atoms with Crippen molar-refractivity contribution in [1.29, 1.82) is 0 Å². The van der Waals surface area contributed by atoms with Crippen LogP contribution in [0.2, 0.25) is 0 Å². The minimum absolute atomic E-state index is 0.0743. The summed E-state index contributed by atoms with van der Waals surface area (Å²) in [5.74, 6) is 0. The molecule has 1 spiro atoms. The van der Waals surface area contributed by atoms with Crippen molar-refractivity contribution in [2.75, 3.05) is 13.1 Å². The minimum atomic E-state index is -2.45. The second kappa shape index (κ2) is 7.54. The van der Waals surface area contributed by atoms with Crippen molar-refractivity contribution in [2.45, 2.75) is 57.6 Å². The highest BCUT2D eigenvalue weighted by Gasteiger charge is 2.39. The Morgan fingerprint density at radius 3 is 2.33 bits per heavy atom. The average molecular weight is 359 g/mol. The monoisotopic (exact) mass is 359 g/mol. The molecular formula is C17H27F2N3OS. The van der Waals surface area contributed by atoms with E-state index in [1.807, 2.05) is 26.8 Å². The Kier molecular flexibility index (Phi) is 6.09. The van der Waals surface area contributed by atoms with Crippen LogP contribution in [0.3, 0.4) is 0 Å². The van der Waals surface area contributed by atoms with Crippen LogP contribution in [-0.2, 0) is 23.8 Å². The minimum Gasteiger partial charge on any atom is -0.317 e. The molecule has 0 aromatic carbocycles. The molecule has 1 aliphatic carbocycles. The number of alkyl halides is 2. The molecule has 3 rings (SSSR count). The molecule has 7 heteroatoms. The van der Waals surface area contributed by atoms with Gasteiger partial charge in [0.1, 0.15) is 5.69 Å². The van der Waals surface area contributed by atoms with Gasteiger partial charge < -0.3 is 5.32 Å². The van der Waals surface area contributed by atoms with E-state index in [2.05, 4.69) is 10.3 Å². The summed E-state index contributed by atoms with van der Waals surface area (Å²) in [6, 6.07) is 3.32. The molecule has 4 nitrogen and oxygen atoms in total. The molecule has 2 heterocycles. The molecule has 1 fully saturated rings. The van der Waals surface area contributed by atoms with Crippen LogP contribution in [0.1, 0.15) is 57.0 Å². The lowest BCUT2D eigenvalue weighted by molar-refractivity contribution is 0.145. The second-order valence-electron chi connectivity index (χ2n) is 7.66. The number of nitrogens with one attached hydrogen (secondary N) is 1. The maximum Gasteiger partial charge on any atom is 0.280 e. The van der Waals surface area contributed by atoms with Gasteiger partial charge in [0, 0.05) is 5.69 Å². The summed E-state index contributed by atoms with van der Waals surface area (Å²) >= 11 is 0. The number of piperidine rings is 1. The number of hydrogen-bond donors (Lipinski definition) is 2. The zero-order valence-electron chi connectivity index (χ0n) is 14.6. The molecular weight excluding hydrogens is 332 g/mol.